The van der Waals surface area contributed by atoms with Crippen LogP contribution in [0.2, 0.25) is 0 Å². The van der Waals surface area contributed by atoms with Gasteiger partial charge in [-0.05, 0) is 51.4 Å². The largest absolute Gasteiger partial charge is 0.466 e. The van der Waals surface area contributed by atoms with Crippen LogP contribution in [0.15, 0.2) is 12.2 Å². The summed E-state index contributed by atoms with van der Waals surface area (Å²) in [5.41, 5.74) is 0. The fourth-order valence-electron chi connectivity index (χ4n) is 11.8. The number of allylic oxidation sites excluding steroid dienone is 2. The topological polar surface area (TPSA) is 95.9 Å². The van der Waals surface area contributed by atoms with Crippen molar-refractivity contribution in [2.75, 3.05) is 13.2 Å². The predicted octanol–water partition coefficient (Wildman–Crippen LogP) is 23.5. The molecule has 1 amide bonds. The molecule has 79 heavy (non-hydrogen) atoms. The third kappa shape index (κ3) is 65.6. The van der Waals surface area contributed by atoms with Gasteiger partial charge in [-0.25, -0.2) is 0 Å². The van der Waals surface area contributed by atoms with Gasteiger partial charge in [-0.15, -0.1) is 0 Å². The van der Waals surface area contributed by atoms with Gasteiger partial charge >= 0.3 is 5.97 Å². The molecule has 6 nitrogen and oxygen atoms in total. The summed E-state index contributed by atoms with van der Waals surface area (Å²) in [5, 5.41) is 23.4. The number of hydrogen-bond donors (Lipinski definition) is 3. The molecule has 2 atom stereocenters. The summed E-state index contributed by atoms with van der Waals surface area (Å²) in [7, 11) is 0. The average Bonchev–Trinajstić information content (AvgIpc) is 3.45. The van der Waals surface area contributed by atoms with Crippen LogP contribution >= 0.6 is 0 Å². The molecule has 470 valence electrons. The van der Waals surface area contributed by atoms with Crippen molar-refractivity contribution in [3.8, 4) is 0 Å². The van der Waals surface area contributed by atoms with Crippen molar-refractivity contribution >= 4 is 11.9 Å². The molecule has 2 unspecified atom stereocenters. The Morgan fingerprint density at radius 3 is 0.899 bits per heavy atom. The van der Waals surface area contributed by atoms with E-state index in [1.807, 2.05) is 0 Å². The molecule has 0 fully saturated rings. The van der Waals surface area contributed by atoms with Gasteiger partial charge < -0.3 is 20.3 Å². The van der Waals surface area contributed by atoms with Crippen LogP contribution in [0.4, 0.5) is 0 Å². The molecule has 0 rings (SSSR count). The minimum absolute atomic E-state index is 0.00990. The summed E-state index contributed by atoms with van der Waals surface area (Å²) in [4.78, 5) is 24.6. The summed E-state index contributed by atoms with van der Waals surface area (Å²) in [6, 6.07) is -0.540. The third-order valence-corrected chi connectivity index (χ3v) is 17.3. The molecule has 0 aliphatic carbocycles. The summed E-state index contributed by atoms with van der Waals surface area (Å²) >= 11 is 0. The molecule has 0 bridgehead atoms. The first-order valence-corrected chi connectivity index (χ1v) is 36.4. The first-order chi connectivity index (χ1) is 39.0. The molecular formula is C73H143NO5. The van der Waals surface area contributed by atoms with Crippen LogP contribution in [-0.4, -0.2) is 47.4 Å². The van der Waals surface area contributed by atoms with Gasteiger partial charge in [0.25, 0.3) is 0 Å². The van der Waals surface area contributed by atoms with Crippen molar-refractivity contribution in [3.05, 3.63) is 12.2 Å². The number of esters is 1. The van der Waals surface area contributed by atoms with Crippen LogP contribution in [-0.2, 0) is 14.3 Å². The zero-order valence-electron chi connectivity index (χ0n) is 53.9. The monoisotopic (exact) mass is 1110 g/mol. The van der Waals surface area contributed by atoms with Gasteiger partial charge in [-0.3, -0.25) is 9.59 Å². The van der Waals surface area contributed by atoms with E-state index in [0.717, 1.165) is 44.9 Å². The highest BCUT2D eigenvalue weighted by atomic mass is 16.5. The van der Waals surface area contributed by atoms with E-state index in [-0.39, 0.29) is 18.5 Å². The number of aliphatic hydroxyl groups is 2. The Balaban J connectivity index is 3.35. The molecule has 0 saturated carbocycles. The number of ether oxygens (including phenoxy) is 1. The normalized spacial score (nSPS) is 12.5. The van der Waals surface area contributed by atoms with Gasteiger partial charge in [0, 0.05) is 12.8 Å². The van der Waals surface area contributed by atoms with Gasteiger partial charge in [0.1, 0.15) is 0 Å². The maximum absolute atomic E-state index is 12.6. The first-order valence-electron chi connectivity index (χ1n) is 36.4. The van der Waals surface area contributed by atoms with Crippen LogP contribution in [0.25, 0.3) is 0 Å². The lowest BCUT2D eigenvalue weighted by atomic mass is 10.0. The van der Waals surface area contributed by atoms with Gasteiger partial charge in [0.05, 0.1) is 25.4 Å². The molecular weight excluding hydrogens is 971 g/mol. The molecule has 3 N–H and O–H groups in total. The first kappa shape index (κ1) is 77.6. The molecule has 0 spiro atoms. The maximum atomic E-state index is 12.6. The second kappa shape index (κ2) is 69.1. The molecule has 0 saturated heterocycles. The van der Waals surface area contributed by atoms with Crippen molar-refractivity contribution in [2.45, 2.75) is 431 Å². The summed E-state index contributed by atoms with van der Waals surface area (Å²) in [5.74, 6) is -0.0176. The Morgan fingerprint density at radius 1 is 0.342 bits per heavy atom. The molecule has 0 aliphatic heterocycles. The number of carbonyl (C=O) groups is 2. The van der Waals surface area contributed by atoms with E-state index in [1.54, 1.807) is 0 Å². The van der Waals surface area contributed by atoms with Crippen LogP contribution < -0.4 is 5.32 Å². The molecule has 0 radical (unpaired) electrons. The van der Waals surface area contributed by atoms with Crippen LogP contribution in [0.3, 0.4) is 0 Å². The second-order valence-corrected chi connectivity index (χ2v) is 25.3. The number of nitrogens with one attached hydrogen (secondary N) is 1. The quantitative estimate of drug-likeness (QED) is 0.0320. The lowest BCUT2D eigenvalue weighted by molar-refractivity contribution is -0.143. The minimum atomic E-state index is -0.663. The Kier molecular flexibility index (Phi) is 67.9. The average molecular weight is 1110 g/mol. The van der Waals surface area contributed by atoms with Crippen molar-refractivity contribution in [3.63, 3.8) is 0 Å². The van der Waals surface area contributed by atoms with Gasteiger partial charge in [-0.1, -0.05) is 366 Å². The number of aliphatic hydroxyl groups excluding tert-OH is 2. The standard InChI is InChI=1S/C73H143NO5/c1-3-5-7-9-11-13-15-17-19-20-21-22-29-32-35-38-41-45-49-53-57-61-65-71(76)70(69-75)74-72(77)66-62-58-54-50-46-42-39-36-33-30-27-25-23-24-26-28-31-34-37-40-44-48-52-56-60-64-68-79-73(78)67-63-59-55-51-47-43-18-16-14-12-10-8-6-4-2/h16,18,70-71,75-76H,3-15,17,19-69H2,1-2H3,(H,74,77)/b18-16-. The molecule has 6 heteroatoms. The van der Waals surface area contributed by atoms with Gasteiger partial charge in [0.15, 0.2) is 0 Å². The number of rotatable bonds is 69. The SMILES string of the molecule is CCCCCCC/C=C\CCCCCCCC(=O)OCCCCCCCCCCCCCCCCCCCCCCCCCCCCC(=O)NC(CO)C(O)CCCCCCCCCCCCCCCCCCCCCCCC. The zero-order valence-corrected chi connectivity index (χ0v) is 53.9. The minimum Gasteiger partial charge on any atom is -0.466 e. The van der Waals surface area contributed by atoms with Gasteiger partial charge in [-0.2, -0.15) is 0 Å². The van der Waals surface area contributed by atoms with E-state index >= 15 is 0 Å². The van der Waals surface area contributed by atoms with Crippen LogP contribution in [0, 0.1) is 0 Å². The molecule has 0 aromatic heterocycles. The molecule has 0 aromatic carbocycles. The summed E-state index contributed by atoms with van der Waals surface area (Å²) < 4.78 is 5.49. The number of hydrogen-bond acceptors (Lipinski definition) is 5. The lowest BCUT2D eigenvalue weighted by Crippen LogP contribution is -2.45. The lowest BCUT2D eigenvalue weighted by Gasteiger charge is -2.22. The summed E-state index contributed by atoms with van der Waals surface area (Å²) in [6.07, 6.45) is 85.5. The van der Waals surface area contributed by atoms with Gasteiger partial charge in [0.2, 0.25) is 5.91 Å². The van der Waals surface area contributed by atoms with Crippen molar-refractivity contribution < 1.29 is 24.5 Å². The fraction of sp³-hybridized carbons (Fsp3) is 0.945. The van der Waals surface area contributed by atoms with Crippen molar-refractivity contribution in [1.29, 1.82) is 0 Å². The van der Waals surface area contributed by atoms with Crippen LogP contribution in [0.5, 0.6) is 0 Å². The highest BCUT2D eigenvalue weighted by molar-refractivity contribution is 5.76. The van der Waals surface area contributed by atoms with Crippen molar-refractivity contribution in [2.24, 2.45) is 0 Å². The number of amides is 1. The highest BCUT2D eigenvalue weighted by Crippen LogP contribution is 2.20. The zero-order chi connectivity index (χ0) is 57.1. The van der Waals surface area contributed by atoms with Crippen LogP contribution in [0.1, 0.15) is 418 Å². The predicted molar refractivity (Wildman–Crippen MR) is 347 cm³/mol. The highest BCUT2D eigenvalue weighted by Gasteiger charge is 2.20. The third-order valence-electron chi connectivity index (χ3n) is 17.3. The van der Waals surface area contributed by atoms with E-state index in [9.17, 15) is 19.8 Å². The van der Waals surface area contributed by atoms with E-state index in [2.05, 4.69) is 31.3 Å². The Hall–Kier alpha value is -1.40. The Morgan fingerprint density at radius 2 is 0.595 bits per heavy atom. The van der Waals surface area contributed by atoms with E-state index in [4.69, 9.17) is 4.74 Å². The Bertz CT molecular complexity index is 1190. The van der Waals surface area contributed by atoms with E-state index in [0.29, 0.717) is 25.9 Å². The molecule has 0 aromatic rings. The Labute approximate surface area is 495 Å². The second-order valence-electron chi connectivity index (χ2n) is 25.3. The van der Waals surface area contributed by atoms with Crippen molar-refractivity contribution in [1.82, 2.24) is 5.32 Å². The summed E-state index contributed by atoms with van der Waals surface area (Å²) in [6.45, 7) is 4.99. The molecule has 0 heterocycles. The van der Waals surface area contributed by atoms with E-state index < -0.39 is 12.1 Å². The number of unbranched alkanes of at least 4 members (excludes halogenated alkanes) is 56. The fourth-order valence-corrected chi connectivity index (χ4v) is 11.8. The van der Waals surface area contributed by atoms with E-state index in [1.165, 1.54) is 340 Å². The maximum Gasteiger partial charge on any atom is 0.305 e. The smallest absolute Gasteiger partial charge is 0.305 e. The number of carbonyl (C=O) groups excluding carboxylic acids is 2. The molecule has 0 aliphatic rings.